The summed E-state index contributed by atoms with van der Waals surface area (Å²) in [5, 5.41) is 1.15. The van der Waals surface area contributed by atoms with Crippen LogP contribution in [-0.4, -0.2) is 33.9 Å². The summed E-state index contributed by atoms with van der Waals surface area (Å²) in [5.41, 5.74) is 4.49. The number of aromatic nitrogens is 2. The number of hydrogen-bond acceptors (Lipinski definition) is 2. The van der Waals surface area contributed by atoms with Gasteiger partial charge in [0.05, 0.1) is 6.42 Å². The van der Waals surface area contributed by atoms with E-state index in [0.717, 1.165) is 41.7 Å². The van der Waals surface area contributed by atoms with Gasteiger partial charge >= 0.3 is 0 Å². The molecule has 0 radical (unpaired) electrons. The van der Waals surface area contributed by atoms with Crippen molar-refractivity contribution >= 4 is 16.8 Å². The van der Waals surface area contributed by atoms with Gasteiger partial charge < -0.3 is 9.88 Å². The Morgan fingerprint density at radius 2 is 1.92 bits per heavy atom. The molecule has 0 atom stereocenters. The molecule has 0 aliphatic carbocycles. The lowest BCUT2D eigenvalue weighted by Crippen LogP contribution is -2.34. The highest BCUT2D eigenvalue weighted by Crippen LogP contribution is 2.22. The number of amides is 1. The lowest BCUT2D eigenvalue weighted by Gasteiger charge is -2.21. The maximum absolute atomic E-state index is 12.8. The van der Waals surface area contributed by atoms with Crippen LogP contribution in [0.1, 0.15) is 23.7 Å². The summed E-state index contributed by atoms with van der Waals surface area (Å²) in [6.07, 6.45) is 4.89. The van der Waals surface area contributed by atoms with Gasteiger partial charge in [-0.3, -0.25) is 9.78 Å². The number of aromatic amines is 1. The molecule has 0 spiro atoms. The molecule has 0 aliphatic heterocycles. The van der Waals surface area contributed by atoms with Crippen molar-refractivity contribution in [2.75, 3.05) is 13.1 Å². The zero-order valence-corrected chi connectivity index (χ0v) is 14.2. The third-order valence-corrected chi connectivity index (χ3v) is 4.51. The molecule has 0 saturated heterocycles. The zero-order valence-electron chi connectivity index (χ0n) is 14.2. The Kier molecular flexibility index (Phi) is 4.94. The van der Waals surface area contributed by atoms with E-state index in [-0.39, 0.29) is 5.91 Å². The highest BCUT2D eigenvalue weighted by molar-refractivity contribution is 5.90. The Morgan fingerprint density at radius 3 is 2.67 bits per heavy atom. The second-order valence-electron chi connectivity index (χ2n) is 6.03. The first-order valence-electron chi connectivity index (χ1n) is 8.42. The van der Waals surface area contributed by atoms with E-state index >= 15 is 0 Å². The van der Waals surface area contributed by atoms with Crippen LogP contribution in [0, 0.1) is 6.92 Å². The number of H-pyrrole nitrogens is 1. The fraction of sp³-hybridized carbons (Fsp3) is 0.300. The van der Waals surface area contributed by atoms with E-state index in [4.69, 9.17) is 0 Å². The molecule has 2 aromatic heterocycles. The predicted molar refractivity (Wildman–Crippen MR) is 96.9 cm³/mol. The van der Waals surface area contributed by atoms with Gasteiger partial charge in [-0.2, -0.15) is 0 Å². The summed E-state index contributed by atoms with van der Waals surface area (Å²) in [4.78, 5) is 22.1. The third kappa shape index (κ3) is 3.48. The van der Waals surface area contributed by atoms with E-state index in [0.29, 0.717) is 6.42 Å². The number of nitrogens with zero attached hydrogens (tertiary/aromatic N) is 2. The molecule has 1 amide bonds. The molecule has 1 aromatic carbocycles. The van der Waals surface area contributed by atoms with Gasteiger partial charge in [0.1, 0.15) is 0 Å². The minimum atomic E-state index is 0.180. The van der Waals surface area contributed by atoms with Crippen LogP contribution in [0.3, 0.4) is 0 Å². The van der Waals surface area contributed by atoms with Gasteiger partial charge in [0.2, 0.25) is 5.91 Å². The minimum absolute atomic E-state index is 0.180. The Bertz CT molecular complexity index is 823. The smallest absolute Gasteiger partial charge is 0.227 e. The SMILES string of the molecule is CCN(CCc1ccncc1)C(=O)Cc1c(C)[nH]c2ccccc12. The van der Waals surface area contributed by atoms with Gasteiger partial charge in [0.25, 0.3) is 0 Å². The van der Waals surface area contributed by atoms with Gasteiger partial charge in [0.15, 0.2) is 0 Å². The van der Waals surface area contributed by atoms with E-state index in [1.807, 2.05) is 43.0 Å². The number of pyridine rings is 1. The lowest BCUT2D eigenvalue weighted by atomic mass is 10.1. The van der Waals surface area contributed by atoms with Gasteiger partial charge in [-0.1, -0.05) is 18.2 Å². The number of para-hydroxylation sites is 1. The Morgan fingerprint density at radius 1 is 1.17 bits per heavy atom. The Labute approximate surface area is 142 Å². The number of hydrogen-bond donors (Lipinski definition) is 1. The van der Waals surface area contributed by atoms with Gasteiger partial charge in [-0.15, -0.1) is 0 Å². The van der Waals surface area contributed by atoms with Crippen LogP contribution in [0.4, 0.5) is 0 Å². The summed E-state index contributed by atoms with van der Waals surface area (Å²) < 4.78 is 0. The monoisotopic (exact) mass is 321 g/mol. The summed E-state index contributed by atoms with van der Waals surface area (Å²) >= 11 is 0. The van der Waals surface area contributed by atoms with Gasteiger partial charge in [0, 0.05) is 42.1 Å². The molecule has 4 nitrogen and oxygen atoms in total. The van der Waals surface area contributed by atoms with E-state index in [9.17, 15) is 4.79 Å². The molecule has 4 heteroatoms. The number of aryl methyl sites for hydroxylation is 1. The molecular weight excluding hydrogens is 298 g/mol. The lowest BCUT2D eigenvalue weighted by molar-refractivity contribution is -0.130. The van der Waals surface area contributed by atoms with Crippen LogP contribution in [0.15, 0.2) is 48.8 Å². The number of nitrogens with one attached hydrogen (secondary N) is 1. The summed E-state index contributed by atoms with van der Waals surface area (Å²) in [7, 11) is 0. The van der Waals surface area contributed by atoms with Crippen LogP contribution in [0.2, 0.25) is 0 Å². The Hall–Kier alpha value is -2.62. The first-order chi connectivity index (χ1) is 11.7. The minimum Gasteiger partial charge on any atom is -0.358 e. The standard InChI is InChI=1S/C20H23N3O/c1-3-23(13-10-16-8-11-21-12-9-16)20(24)14-18-15(2)22-19-7-5-4-6-17(18)19/h4-9,11-12,22H,3,10,13-14H2,1-2H3. The van der Waals surface area contributed by atoms with E-state index in [2.05, 4.69) is 22.1 Å². The van der Waals surface area contributed by atoms with Gasteiger partial charge in [-0.05, 0) is 49.6 Å². The predicted octanol–water partition coefficient (Wildman–Crippen LogP) is 3.51. The average molecular weight is 321 g/mol. The van der Waals surface area contributed by atoms with Crippen molar-refractivity contribution < 1.29 is 4.79 Å². The Balaban J connectivity index is 1.71. The average Bonchev–Trinajstić information content (AvgIpc) is 2.92. The largest absolute Gasteiger partial charge is 0.358 e. The number of carbonyl (C=O) groups is 1. The highest BCUT2D eigenvalue weighted by Gasteiger charge is 2.16. The molecule has 24 heavy (non-hydrogen) atoms. The quantitative estimate of drug-likeness (QED) is 0.755. The zero-order chi connectivity index (χ0) is 16.9. The molecule has 0 bridgehead atoms. The highest BCUT2D eigenvalue weighted by atomic mass is 16.2. The topological polar surface area (TPSA) is 49.0 Å². The molecular formula is C20H23N3O. The number of rotatable bonds is 6. The maximum Gasteiger partial charge on any atom is 0.227 e. The van der Waals surface area contributed by atoms with Crippen LogP contribution >= 0.6 is 0 Å². The molecule has 1 N–H and O–H groups in total. The van der Waals surface area contributed by atoms with Crippen molar-refractivity contribution in [2.24, 2.45) is 0 Å². The van der Waals surface area contributed by atoms with Crippen molar-refractivity contribution in [1.29, 1.82) is 0 Å². The third-order valence-electron chi connectivity index (χ3n) is 4.51. The van der Waals surface area contributed by atoms with Crippen molar-refractivity contribution in [1.82, 2.24) is 14.9 Å². The second-order valence-corrected chi connectivity index (χ2v) is 6.03. The van der Waals surface area contributed by atoms with E-state index in [1.165, 1.54) is 5.56 Å². The van der Waals surface area contributed by atoms with E-state index < -0.39 is 0 Å². The first kappa shape index (κ1) is 16.2. The number of carbonyl (C=O) groups excluding carboxylic acids is 1. The normalized spacial score (nSPS) is 10.9. The van der Waals surface area contributed by atoms with Crippen molar-refractivity contribution in [3.8, 4) is 0 Å². The molecule has 0 aliphatic rings. The molecule has 124 valence electrons. The summed E-state index contributed by atoms with van der Waals surface area (Å²) in [6, 6.07) is 12.2. The number of benzene rings is 1. The first-order valence-corrected chi connectivity index (χ1v) is 8.42. The van der Waals surface area contributed by atoms with E-state index in [1.54, 1.807) is 12.4 Å². The molecule has 3 rings (SSSR count). The molecule has 0 saturated carbocycles. The van der Waals surface area contributed by atoms with Crippen molar-refractivity contribution in [2.45, 2.75) is 26.7 Å². The fourth-order valence-corrected chi connectivity index (χ4v) is 3.10. The molecule has 0 unspecified atom stereocenters. The van der Waals surface area contributed by atoms with Crippen LogP contribution < -0.4 is 0 Å². The van der Waals surface area contributed by atoms with Crippen LogP contribution in [-0.2, 0) is 17.6 Å². The molecule has 2 heterocycles. The second kappa shape index (κ2) is 7.30. The van der Waals surface area contributed by atoms with Crippen LogP contribution in [0.25, 0.3) is 10.9 Å². The van der Waals surface area contributed by atoms with Crippen LogP contribution in [0.5, 0.6) is 0 Å². The number of likely N-dealkylation sites (N-methyl/N-ethyl adjacent to an activating group) is 1. The molecule has 3 aromatic rings. The van der Waals surface area contributed by atoms with Gasteiger partial charge in [-0.25, -0.2) is 0 Å². The van der Waals surface area contributed by atoms with Crippen molar-refractivity contribution in [3.63, 3.8) is 0 Å². The maximum atomic E-state index is 12.8. The summed E-state index contributed by atoms with van der Waals surface area (Å²) in [6.45, 7) is 5.54. The van der Waals surface area contributed by atoms with Crippen molar-refractivity contribution in [3.05, 3.63) is 65.6 Å². The number of fused-ring (bicyclic) bond motifs is 1. The molecule has 0 fully saturated rings. The summed E-state index contributed by atoms with van der Waals surface area (Å²) in [5.74, 6) is 0.180. The fourth-order valence-electron chi connectivity index (χ4n) is 3.10.